The van der Waals surface area contributed by atoms with Crippen LogP contribution < -0.4 is 0 Å². The van der Waals surface area contributed by atoms with Gasteiger partial charge in [0.15, 0.2) is 0 Å². The molecular weight excluding hydrogens is 280 g/mol. The van der Waals surface area contributed by atoms with Gasteiger partial charge in [-0.05, 0) is 38.5 Å². The largest absolute Gasteiger partial charge is 0.376 e. The number of likely N-dealkylation sites (tertiary alicyclic amines) is 1. The highest BCUT2D eigenvalue weighted by molar-refractivity contribution is 5.78. The second kappa shape index (κ2) is 8.51. The number of amides is 2. The monoisotopic (exact) mass is 310 g/mol. The Kier molecular flexibility index (Phi) is 6.68. The molecule has 0 aliphatic carbocycles. The van der Waals surface area contributed by atoms with Crippen molar-refractivity contribution in [2.45, 2.75) is 70.9 Å². The van der Waals surface area contributed by atoms with Crippen molar-refractivity contribution in [1.82, 2.24) is 9.80 Å². The molecule has 5 nitrogen and oxygen atoms in total. The zero-order valence-corrected chi connectivity index (χ0v) is 14.1. The third-order valence-electron chi connectivity index (χ3n) is 4.91. The van der Waals surface area contributed by atoms with Crippen molar-refractivity contribution < 1.29 is 14.3 Å². The molecule has 0 aromatic heterocycles. The van der Waals surface area contributed by atoms with Crippen LogP contribution in [0.4, 0.5) is 0 Å². The van der Waals surface area contributed by atoms with Gasteiger partial charge in [-0.3, -0.25) is 9.59 Å². The Labute approximate surface area is 134 Å². The Morgan fingerprint density at radius 2 is 2.05 bits per heavy atom. The molecule has 126 valence electrons. The van der Waals surface area contributed by atoms with Crippen molar-refractivity contribution in [3.05, 3.63) is 0 Å². The first-order valence-electron chi connectivity index (χ1n) is 8.78. The minimum atomic E-state index is 0.0361. The number of nitrogens with zero attached hydrogens (tertiary/aromatic N) is 2. The van der Waals surface area contributed by atoms with Crippen LogP contribution in [0.3, 0.4) is 0 Å². The van der Waals surface area contributed by atoms with Gasteiger partial charge >= 0.3 is 0 Å². The topological polar surface area (TPSA) is 49.9 Å². The minimum absolute atomic E-state index is 0.0361. The molecule has 2 atom stereocenters. The predicted octanol–water partition coefficient (Wildman–Crippen LogP) is 2.20. The molecule has 2 heterocycles. The van der Waals surface area contributed by atoms with Gasteiger partial charge in [-0.1, -0.05) is 6.92 Å². The Morgan fingerprint density at radius 1 is 1.23 bits per heavy atom. The Bertz CT molecular complexity index is 380. The van der Waals surface area contributed by atoms with Crippen LogP contribution >= 0.6 is 0 Å². The van der Waals surface area contributed by atoms with Crippen LogP contribution in [0.5, 0.6) is 0 Å². The van der Waals surface area contributed by atoms with E-state index in [9.17, 15) is 9.59 Å². The molecule has 0 aromatic rings. The number of hydrogen-bond donors (Lipinski definition) is 0. The van der Waals surface area contributed by atoms with Gasteiger partial charge in [0, 0.05) is 45.6 Å². The Morgan fingerprint density at radius 3 is 2.68 bits per heavy atom. The molecule has 2 fully saturated rings. The zero-order chi connectivity index (χ0) is 15.9. The van der Waals surface area contributed by atoms with Crippen LogP contribution in [0.15, 0.2) is 0 Å². The molecule has 2 rings (SSSR count). The third-order valence-corrected chi connectivity index (χ3v) is 4.91. The highest BCUT2D eigenvalue weighted by Gasteiger charge is 2.26. The van der Waals surface area contributed by atoms with Gasteiger partial charge in [-0.15, -0.1) is 0 Å². The lowest BCUT2D eigenvalue weighted by Crippen LogP contribution is -2.45. The second-order valence-electron chi connectivity index (χ2n) is 6.50. The van der Waals surface area contributed by atoms with E-state index in [0.29, 0.717) is 25.6 Å². The summed E-state index contributed by atoms with van der Waals surface area (Å²) >= 11 is 0. The standard InChI is InChI=1S/C17H30N2O3/c1-3-15-7-4-5-10-19(15)17(21)9-11-18(14(2)20)13-16-8-6-12-22-16/h15-16H,3-13H2,1-2H3. The summed E-state index contributed by atoms with van der Waals surface area (Å²) in [5.74, 6) is 0.235. The Hall–Kier alpha value is -1.10. The van der Waals surface area contributed by atoms with Crippen molar-refractivity contribution in [2.24, 2.45) is 0 Å². The molecule has 2 saturated heterocycles. The molecular formula is C17H30N2O3. The van der Waals surface area contributed by atoms with Crippen LogP contribution in [-0.4, -0.2) is 60.0 Å². The van der Waals surface area contributed by atoms with Gasteiger partial charge in [0.2, 0.25) is 11.8 Å². The van der Waals surface area contributed by atoms with Gasteiger partial charge in [0.25, 0.3) is 0 Å². The molecule has 2 unspecified atom stereocenters. The fourth-order valence-electron chi connectivity index (χ4n) is 3.54. The van der Waals surface area contributed by atoms with E-state index in [1.54, 1.807) is 11.8 Å². The summed E-state index contributed by atoms with van der Waals surface area (Å²) < 4.78 is 5.60. The fraction of sp³-hybridized carbons (Fsp3) is 0.882. The lowest BCUT2D eigenvalue weighted by Gasteiger charge is -2.36. The third kappa shape index (κ3) is 4.70. The van der Waals surface area contributed by atoms with Gasteiger partial charge < -0.3 is 14.5 Å². The second-order valence-corrected chi connectivity index (χ2v) is 6.50. The number of carbonyl (C=O) groups excluding carboxylic acids is 2. The van der Waals surface area contributed by atoms with E-state index in [2.05, 4.69) is 6.92 Å². The number of rotatable bonds is 6. The normalized spacial score (nSPS) is 25.3. The molecule has 22 heavy (non-hydrogen) atoms. The van der Waals surface area contributed by atoms with Crippen molar-refractivity contribution in [3.8, 4) is 0 Å². The molecule has 0 radical (unpaired) electrons. The quantitative estimate of drug-likeness (QED) is 0.755. The molecule has 0 spiro atoms. The lowest BCUT2D eigenvalue weighted by atomic mass is 9.99. The number of hydrogen-bond acceptors (Lipinski definition) is 3. The first kappa shape index (κ1) is 17.3. The molecule has 5 heteroatoms. The maximum atomic E-state index is 12.5. The van der Waals surface area contributed by atoms with Crippen LogP contribution in [0, 0.1) is 0 Å². The van der Waals surface area contributed by atoms with E-state index < -0.39 is 0 Å². The van der Waals surface area contributed by atoms with Crippen molar-refractivity contribution in [3.63, 3.8) is 0 Å². The van der Waals surface area contributed by atoms with E-state index in [0.717, 1.165) is 45.3 Å². The highest BCUT2D eigenvalue weighted by atomic mass is 16.5. The fourth-order valence-corrected chi connectivity index (χ4v) is 3.54. The summed E-state index contributed by atoms with van der Waals surface area (Å²) in [7, 11) is 0. The lowest BCUT2D eigenvalue weighted by molar-refractivity contribution is -0.137. The van der Waals surface area contributed by atoms with E-state index in [1.807, 2.05) is 4.90 Å². The highest BCUT2D eigenvalue weighted by Crippen LogP contribution is 2.20. The molecule has 2 amide bonds. The van der Waals surface area contributed by atoms with Gasteiger partial charge in [0.05, 0.1) is 6.10 Å². The summed E-state index contributed by atoms with van der Waals surface area (Å²) in [6.45, 7) is 6.54. The first-order valence-corrected chi connectivity index (χ1v) is 8.78. The number of ether oxygens (including phenoxy) is 1. The summed E-state index contributed by atoms with van der Waals surface area (Å²) in [6.07, 6.45) is 7.14. The summed E-state index contributed by atoms with van der Waals surface area (Å²) in [4.78, 5) is 28.1. The number of piperidine rings is 1. The van der Waals surface area contributed by atoms with Crippen LogP contribution in [-0.2, 0) is 14.3 Å². The molecule has 0 saturated carbocycles. The zero-order valence-electron chi connectivity index (χ0n) is 14.1. The van der Waals surface area contributed by atoms with Crippen molar-refractivity contribution >= 4 is 11.8 Å². The summed E-state index contributed by atoms with van der Waals surface area (Å²) in [6, 6.07) is 0.394. The average Bonchev–Trinajstić information content (AvgIpc) is 3.03. The molecule has 0 aromatic carbocycles. The average molecular weight is 310 g/mol. The molecule has 0 N–H and O–H groups in total. The smallest absolute Gasteiger partial charge is 0.224 e. The minimum Gasteiger partial charge on any atom is -0.376 e. The van der Waals surface area contributed by atoms with Gasteiger partial charge in [0.1, 0.15) is 0 Å². The van der Waals surface area contributed by atoms with E-state index in [4.69, 9.17) is 4.74 Å². The molecule has 2 aliphatic heterocycles. The van der Waals surface area contributed by atoms with Crippen LogP contribution in [0.2, 0.25) is 0 Å². The van der Waals surface area contributed by atoms with Crippen LogP contribution in [0.25, 0.3) is 0 Å². The SMILES string of the molecule is CCC1CCCCN1C(=O)CCN(CC1CCCO1)C(C)=O. The van der Waals surface area contributed by atoms with Crippen molar-refractivity contribution in [1.29, 1.82) is 0 Å². The summed E-state index contributed by atoms with van der Waals surface area (Å²) in [5.41, 5.74) is 0. The van der Waals surface area contributed by atoms with Crippen LogP contribution in [0.1, 0.15) is 58.8 Å². The molecule has 0 bridgehead atoms. The summed E-state index contributed by atoms with van der Waals surface area (Å²) in [5, 5.41) is 0. The molecule has 2 aliphatic rings. The van der Waals surface area contributed by atoms with Crippen molar-refractivity contribution in [2.75, 3.05) is 26.2 Å². The number of carbonyl (C=O) groups is 2. The van der Waals surface area contributed by atoms with Gasteiger partial charge in [-0.25, -0.2) is 0 Å². The maximum absolute atomic E-state index is 12.5. The van der Waals surface area contributed by atoms with Gasteiger partial charge in [-0.2, -0.15) is 0 Å². The maximum Gasteiger partial charge on any atom is 0.224 e. The Balaban J connectivity index is 1.82. The van der Waals surface area contributed by atoms with E-state index >= 15 is 0 Å². The van der Waals surface area contributed by atoms with E-state index in [1.165, 1.54) is 6.42 Å². The van der Waals surface area contributed by atoms with E-state index in [-0.39, 0.29) is 17.9 Å². The first-order chi connectivity index (χ1) is 10.6. The predicted molar refractivity (Wildman–Crippen MR) is 85.5 cm³/mol.